The van der Waals surface area contributed by atoms with E-state index in [-0.39, 0.29) is 0 Å². The highest BCUT2D eigenvalue weighted by Crippen LogP contribution is 2.24. The minimum atomic E-state index is 1.04. The number of rotatable bonds is 22. The second-order valence-corrected chi connectivity index (χ2v) is 8.89. The van der Waals surface area contributed by atoms with Crippen molar-refractivity contribution in [3.63, 3.8) is 0 Å². The number of hydrogen-bond acceptors (Lipinski definition) is 0. The number of hydrogen-bond donors (Lipinski definition) is 0. The van der Waals surface area contributed by atoms with Crippen LogP contribution in [0.3, 0.4) is 0 Å². The number of unbranched alkanes of at least 4 members (excludes halogenated alkanes) is 16. The van der Waals surface area contributed by atoms with Gasteiger partial charge in [0, 0.05) is 0 Å². The molecule has 0 aromatic rings. The van der Waals surface area contributed by atoms with E-state index >= 15 is 0 Å². The molecule has 0 fully saturated rings. The van der Waals surface area contributed by atoms with Crippen LogP contribution in [0.25, 0.3) is 0 Å². The third kappa shape index (κ3) is 20.3. The van der Waals surface area contributed by atoms with Gasteiger partial charge in [0.15, 0.2) is 0 Å². The van der Waals surface area contributed by atoms with Crippen LogP contribution >= 0.6 is 0 Å². The largest absolute Gasteiger partial charge is 0.0654 e. The summed E-state index contributed by atoms with van der Waals surface area (Å²) in [4.78, 5) is 0. The zero-order chi connectivity index (χ0) is 19.1. The van der Waals surface area contributed by atoms with Crippen molar-refractivity contribution in [1.82, 2.24) is 0 Å². The Morgan fingerprint density at radius 1 is 0.308 bits per heavy atom. The van der Waals surface area contributed by atoms with E-state index < -0.39 is 0 Å². The van der Waals surface area contributed by atoms with E-state index in [9.17, 15) is 0 Å². The molecular formula is C26H54. The van der Waals surface area contributed by atoms with Crippen molar-refractivity contribution in [2.75, 3.05) is 0 Å². The average Bonchev–Trinajstić information content (AvgIpc) is 2.65. The Morgan fingerprint density at radius 2 is 0.538 bits per heavy atom. The minimum absolute atomic E-state index is 1.04. The minimum Gasteiger partial charge on any atom is -0.0654 e. The highest BCUT2D eigenvalue weighted by atomic mass is 14.1. The van der Waals surface area contributed by atoms with E-state index in [0.717, 1.165) is 5.92 Å². The van der Waals surface area contributed by atoms with Crippen LogP contribution in [0.5, 0.6) is 0 Å². The van der Waals surface area contributed by atoms with Gasteiger partial charge in [-0.3, -0.25) is 0 Å². The third-order valence-electron chi connectivity index (χ3n) is 6.15. The molecule has 0 heteroatoms. The van der Waals surface area contributed by atoms with Gasteiger partial charge in [-0.05, 0) is 5.92 Å². The topological polar surface area (TPSA) is 0 Å². The smallest absolute Gasteiger partial charge is 0.0414 e. The van der Waals surface area contributed by atoms with E-state index in [2.05, 4.69) is 20.8 Å². The highest BCUT2D eigenvalue weighted by Gasteiger charge is 2.08. The Labute approximate surface area is 168 Å². The quantitative estimate of drug-likeness (QED) is 0.167. The molecule has 0 spiro atoms. The molecule has 0 bridgehead atoms. The Kier molecular flexibility index (Phi) is 23.0. The van der Waals surface area contributed by atoms with E-state index in [0.29, 0.717) is 0 Å². The van der Waals surface area contributed by atoms with Gasteiger partial charge in [0.25, 0.3) is 0 Å². The predicted molar refractivity (Wildman–Crippen MR) is 122 cm³/mol. The lowest BCUT2D eigenvalue weighted by molar-refractivity contribution is 0.366. The van der Waals surface area contributed by atoms with E-state index in [1.165, 1.54) is 141 Å². The summed E-state index contributed by atoms with van der Waals surface area (Å²) in [6.07, 6.45) is 32.3. The summed E-state index contributed by atoms with van der Waals surface area (Å²) in [6.45, 7) is 6.96. The van der Waals surface area contributed by atoms with Crippen LogP contribution in [0.4, 0.5) is 0 Å². The molecule has 1 unspecified atom stereocenters. The molecule has 0 N–H and O–H groups in total. The first-order valence-corrected chi connectivity index (χ1v) is 12.8. The molecule has 0 amide bonds. The van der Waals surface area contributed by atoms with Gasteiger partial charge < -0.3 is 0 Å². The van der Waals surface area contributed by atoms with Crippen LogP contribution in [0.2, 0.25) is 0 Å². The lowest BCUT2D eigenvalue weighted by atomic mass is 9.89. The Balaban J connectivity index is 3.63. The molecule has 0 aliphatic carbocycles. The summed E-state index contributed by atoms with van der Waals surface area (Å²) >= 11 is 0. The van der Waals surface area contributed by atoms with Gasteiger partial charge in [-0.1, -0.05) is 162 Å². The van der Waals surface area contributed by atoms with Crippen molar-refractivity contribution in [3.05, 3.63) is 0 Å². The molecule has 0 aromatic heterocycles. The summed E-state index contributed by atoms with van der Waals surface area (Å²) in [5.41, 5.74) is 0. The van der Waals surface area contributed by atoms with Gasteiger partial charge in [-0.15, -0.1) is 0 Å². The first kappa shape index (κ1) is 26.0. The van der Waals surface area contributed by atoms with Crippen LogP contribution < -0.4 is 0 Å². The molecule has 26 heavy (non-hydrogen) atoms. The molecular weight excluding hydrogens is 312 g/mol. The molecule has 0 aliphatic rings. The fourth-order valence-electron chi connectivity index (χ4n) is 4.25. The molecule has 0 radical (unpaired) electrons. The Morgan fingerprint density at radius 3 is 0.846 bits per heavy atom. The van der Waals surface area contributed by atoms with Crippen LogP contribution in [0.15, 0.2) is 0 Å². The second-order valence-electron chi connectivity index (χ2n) is 8.89. The summed E-state index contributed by atoms with van der Waals surface area (Å²) in [5, 5.41) is 0. The van der Waals surface area contributed by atoms with E-state index in [1.807, 2.05) is 0 Å². The second kappa shape index (κ2) is 23.0. The Bertz CT molecular complexity index is 232. The van der Waals surface area contributed by atoms with Gasteiger partial charge in [0.2, 0.25) is 0 Å². The van der Waals surface area contributed by atoms with Crippen LogP contribution in [0, 0.1) is 5.92 Å². The molecule has 0 nitrogen and oxygen atoms in total. The summed E-state index contributed by atoms with van der Waals surface area (Å²) in [5.74, 6) is 1.04. The molecule has 0 aromatic carbocycles. The third-order valence-corrected chi connectivity index (χ3v) is 6.15. The normalized spacial score (nSPS) is 12.6. The molecule has 1 atom stereocenters. The van der Waals surface area contributed by atoms with Crippen molar-refractivity contribution in [2.45, 2.75) is 162 Å². The molecule has 0 rings (SSSR count). The van der Waals surface area contributed by atoms with Crippen molar-refractivity contribution in [3.8, 4) is 0 Å². The molecule has 0 saturated carbocycles. The van der Waals surface area contributed by atoms with Crippen LogP contribution in [-0.4, -0.2) is 0 Å². The summed E-state index contributed by atoms with van der Waals surface area (Å²) in [7, 11) is 0. The molecule has 0 aliphatic heterocycles. The van der Waals surface area contributed by atoms with Crippen LogP contribution in [0.1, 0.15) is 162 Å². The van der Waals surface area contributed by atoms with Crippen molar-refractivity contribution < 1.29 is 0 Å². The highest BCUT2D eigenvalue weighted by molar-refractivity contribution is 4.62. The molecule has 158 valence electrons. The first-order valence-electron chi connectivity index (χ1n) is 12.8. The lowest BCUT2D eigenvalue weighted by Crippen LogP contribution is -2.01. The monoisotopic (exact) mass is 366 g/mol. The first-order chi connectivity index (χ1) is 12.8. The molecule has 0 heterocycles. The van der Waals surface area contributed by atoms with Gasteiger partial charge in [-0.2, -0.15) is 0 Å². The maximum absolute atomic E-state index is 2.33. The zero-order valence-electron chi connectivity index (χ0n) is 19.1. The van der Waals surface area contributed by atoms with Gasteiger partial charge in [-0.25, -0.2) is 0 Å². The fourth-order valence-corrected chi connectivity index (χ4v) is 4.25. The Hall–Kier alpha value is 0. The van der Waals surface area contributed by atoms with Crippen LogP contribution in [-0.2, 0) is 0 Å². The maximum Gasteiger partial charge on any atom is -0.0414 e. The van der Waals surface area contributed by atoms with Crippen molar-refractivity contribution >= 4 is 0 Å². The standard InChI is InChI=1S/C26H54/c1-4-7-10-13-14-15-16-17-19-22-25-26(23-20-12-9-6-3)24-21-18-11-8-5-2/h26H,4-25H2,1-3H3. The van der Waals surface area contributed by atoms with E-state index in [1.54, 1.807) is 0 Å². The molecule has 0 saturated heterocycles. The van der Waals surface area contributed by atoms with Crippen molar-refractivity contribution in [1.29, 1.82) is 0 Å². The van der Waals surface area contributed by atoms with E-state index in [4.69, 9.17) is 0 Å². The van der Waals surface area contributed by atoms with Gasteiger partial charge >= 0.3 is 0 Å². The predicted octanol–water partition coefficient (Wildman–Crippen LogP) is 10.2. The van der Waals surface area contributed by atoms with Crippen molar-refractivity contribution in [2.24, 2.45) is 5.92 Å². The zero-order valence-corrected chi connectivity index (χ0v) is 19.1. The van der Waals surface area contributed by atoms with Gasteiger partial charge in [0.1, 0.15) is 0 Å². The summed E-state index contributed by atoms with van der Waals surface area (Å²) in [6, 6.07) is 0. The average molecular weight is 367 g/mol. The maximum atomic E-state index is 2.33. The SMILES string of the molecule is CCCCCCCCCCCCC(CCCCCC)CCCCCCC. The summed E-state index contributed by atoms with van der Waals surface area (Å²) < 4.78 is 0. The fraction of sp³-hybridized carbons (Fsp3) is 1.00. The lowest BCUT2D eigenvalue weighted by Gasteiger charge is -2.17. The van der Waals surface area contributed by atoms with Gasteiger partial charge in [0.05, 0.1) is 0 Å².